The minimum Gasteiger partial charge on any atom is -0.506 e. The largest absolute Gasteiger partial charge is 0.506 e. The topological polar surface area (TPSA) is 54.4 Å². The lowest BCUT2D eigenvalue weighted by Gasteiger charge is -2.31. The molecule has 3 nitrogen and oxygen atoms in total. The molecule has 0 bridgehead atoms. The molecule has 0 saturated carbocycles. The number of halogens is 1. The van der Waals surface area contributed by atoms with Gasteiger partial charge in [-0.05, 0) is 47.9 Å². The zero-order valence-corrected chi connectivity index (χ0v) is 12.2. The van der Waals surface area contributed by atoms with E-state index in [-0.39, 0.29) is 22.7 Å². The van der Waals surface area contributed by atoms with E-state index in [0.29, 0.717) is 29.9 Å². The number of benzene rings is 1. The Kier molecular flexibility index (Phi) is 2.80. The predicted octanol–water partition coefficient (Wildman–Crippen LogP) is 3.31. The molecule has 20 heavy (non-hydrogen) atoms. The molecule has 0 aromatic heterocycles. The Morgan fingerprint density at radius 1 is 1.40 bits per heavy atom. The monoisotopic (exact) mass is 290 g/mol. The van der Waals surface area contributed by atoms with E-state index in [2.05, 4.69) is 6.92 Å². The molecule has 1 aromatic rings. The molecule has 0 spiro atoms. The smallest absolute Gasteiger partial charge is 0.166 e. The number of fused-ring (bicyclic) bond motifs is 3. The van der Waals surface area contributed by atoms with E-state index in [9.17, 15) is 14.7 Å². The van der Waals surface area contributed by atoms with Gasteiger partial charge >= 0.3 is 0 Å². The average molecular weight is 291 g/mol. The lowest BCUT2D eigenvalue weighted by atomic mass is 9.70. The fraction of sp³-hybridized carbons (Fsp3) is 0.375. The molecule has 1 N–H and O–H groups in total. The van der Waals surface area contributed by atoms with Crippen LogP contribution in [0.25, 0.3) is 5.57 Å². The van der Waals surface area contributed by atoms with Gasteiger partial charge in [-0.1, -0.05) is 24.6 Å². The number of ketones is 2. The normalized spacial score (nSPS) is 24.6. The Morgan fingerprint density at radius 3 is 2.75 bits per heavy atom. The number of aromatic hydroxyl groups is 1. The Balaban J connectivity index is 2.36. The number of rotatable bonds is 1. The van der Waals surface area contributed by atoms with Crippen LogP contribution in [-0.4, -0.2) is 16.7 Å². The molecule has 104 valence electrons. The van der Waals surface area contributed by atoms with Crippen LogP contribution in [0.15, 0.2) is 17.7 Å². The second kappa shape index (κ2) is 4.19. The number of phenolic OH excluding ortho intramolecular Hbond substituents is 1. The lowest BCUT2D eigenvalue weighted by Crippen LogP contribution is -2.28. The SMILES string of the molecule is CC(=O)C1=C2c3ccc(O)c(Cl)c3CC2(C)CCC1=O. The van der Waals surface area contributed by atoms with Gasteiger partial charge in [-0.2, -0.15) is 0 Å². The molecule has 3 rings (SSSR count). The third-order valence-electron chi connectivity index (χ3n) is 4.45. The molecule has 4 heteroatoms. The van der Waals surface area contributed by atoms with Crippen LogP contribution in [0.3, 0.4) is 0 Å². The summed E-state index contributed by atoms with van der Waals surface area (Å²) in [5.41, 5.74) is 2.58. The number of carbonyl (C=O) groups is 2. The molecule has 1 unspecified atom stereocenters. The molecule has 1 aromatic carbocycles. The van der Waals surface area contributed by atoms with Crippen LogP contribution in [0.1, 0.15) is 37.8 Å². The van der Waals surface area contributed by atoms with E-state index < -0.39 is 0 Å². The maximum absolute atomic E-state index is 12.1. The van der Waals surface area contributed by atoms with Gasteiger partial charge in [-0.3, -0.25) is 9.59 Å². The van der Waals surface area contributed by atoms with Gasteiger partial charge < -0.3 is 5.11 Å². The molecule has 0 radical (unpaired) electrons. The van der Waals surface area contributed by atoms with Crippen molar-refractivity contribution in [2.75, 3.05) is 0 Å². The van der Waals surface area contributed by atoms with Gasteiger partial charge in [0.25, 0.3) is 0 Å². The maximum Gasteiger partial charge on any atom is 0.166 e. The highest BCUT2D eigenvalue weighted by Gasteiger charge is 2.45. The number of hydrogen-bond acceptors (Lipinski definition) is 3. The second-order valence-electron chi connectivity index (χ2n) is 5.89. The van der Waals surface area contributed by atoms with Crippen LogP contribution in [0.4, 0.5) is 0 Å². The van der Waals surface area contributed by atoms with Gasteiger partial charge in [-0.15, -0.1) is 0 Å². The van der Waals surface area contributed by atoms with E-state index in [4.69, 9.17) is 11.6 Å². The van der Waals surface area contributed by atoms with Crippen LogP contribution in [-0.2, 0) is 16.0 Å². The summed E-state index contributed by atoms with van der Waals surface area (Å²) in [5.74, 6) is -0.223. The van der Waals surface area contributed by atoms with Gasteiger partial charge in [0.15, 0.2) is 11.6 Å². The van der Waals surface area contributed by atoms with Crippen molar-refractivity contribution in [3.8, 4) is 5.75 Å². The van der Waals surface area contributed by atoms with Crippen LogP contribution in [0.2, 0.25) is 5.02 Å². The van der Waals surface area contributed by atoms with E-state index in [0.717, 1.165) is 16.7 Å². The summed E-state index contributed by atoms with van der Waals surface area (Å²) in [6.07, 6.45) is 1.77. The number of allylic oxidation sites excluding steroid dienone is 2. The Labute approximate surface area is 122 Å². The minimum atomic E-state index is -0.241. The predicted molar refractivity (Wildman–Crippen MR) is 76.8 cm³/mol. The second-order valence-corrected chi connectivity index (χ2v) is 6.27. The van der Waals surface area contributed by atoms with Crippen molar-refractivity contribution in [3.05, 3.63) is 33.9 Å². The van der Waals surface area contributed by atoms with E-state index in [1.807, 2.05) is 0 Å². The van der Waals surface area contributed by atoms with Crippen LogP contribution in [0.5, 0.6) is 5.75 Å². The number of phenols is 1. The van der Waals surface area contributed by atoms with Crippen molar-refractivity contribution in [2.24, 2.45) is 5.41 Å². The molecular formula is C16H15ClO3. The highest BCUT2D eigenvalue weighted by molar-refractivity contribution is 6.33. The first-order valence-electron chi connectivity index (χ1n) is 6.65. The third-order valence-corrected chi connectivity index (χ3v) is 4.87. The maximum atomic E-state index is 12.1. The Morgan fingerprint density at radius 2 is 2.10 bits per heavy atom. The molecule has 2 aliphatic rings. The summed E-state index contributed by atoms with van der Waals surface area (Å²) >= 11 is 6.19. The average Bonchev–Trinajstić information content (AvgIpc) is 2.68. The Hall–Kier alpha value is -1.61. The van der Waals surface area contributed by atoms with E-state index in [1.165, 1.54) is 13.0 Å². The molecule has 0 amide bonds. The standard InChI is InChI=1S/C16H15ClO3/c1-8(18)13-11(19)5-6-16(2)7-10-9(14(13)16)3-4-12(20)15(10)17/h3-4,20H,5-7H2,1-2H3. The highest BCUT2D eigenvalue weighted by Crippen LogP contribution is 2.55. The van der Waals surface area contributed by atoms with Crippen molar-refractivity contribution in [3.63, 3.8) is 0 Å². The summed E-state index contributed by atoms with van der Waals surface area (Å²) in [5, 5.41) is 10.1. The zero-order valence-electron chi connectivity index (χ0n) is 11.4. The fourth-order valence-corrected chi connectivity index (χ4v) is 3.73. The first-order chi connectivity index (χ1) is 9.35. The van der Waals surface area contributed by atoms with Crippen molar-refractivity contribution >= 4 is 28.7 Å². The summed E-state index contributed by atoms with van der Waals surface area (Å²) in [6.45, 7) is 3.50. The van der Waals surface area contributed by atoms with E-state index >= 15 is 0 Å². The van der Waals surface area contributed by atoms with Crippen LogP contribution in [0, 0.1) is 5.41 Å². The summed E-state index contributed by atoms with van der Waals surface area (Å²) in [6, 6.07) is 3.29. The van der Waals surface area contributed by atoms with Gasteiger partial charge in [0.1, 0.15) is 5.75 Å². The first-order valence-corrected chi connectivity index (χ1v) is 7.02. The third kappa shape index (κ3) is 1.66. The number of carbonyl (C=O) groups excluding carboxylic acids is 2. The molecule has 0 aliphatic heterocycles. The molecular weight excluding hydrogens is 276 g/mol. The number of Topliss-reactive ketones (excluding diaryl/α,β-unsaturated/α-hetero) is 2. The molecule has 0 saturated heterocycles. The van der Waals surface area contributed by atoms with Crippen molar-refractivity contribution in [2.45, 2.75) is 33.1 Å². The first kappa shape index (κ1) is 13.4. The van der Waals surface area contributed by atoms with Crippen LogP contribution >= 0.6 is 11.6 Å². The lowest BCUT2D eigenvalue weighted by molar-refractivity contribution is -0.121. The van der Waals surface area contributed by atoms with Crippen molar-refractivity contribution < 1.29 is 14.7 Å². The van der Waals surface area contributed by atoms with Crippen molar-refractivity contribution in [1.29, 1.82) is 0 Å². The van der Waals surface area contributed by atoms with Gasteiger partial charge in [-0.25, -0.2) is 0 Å². The summed E-state index contributed by atoms with van der Waals surface area (Å²) in [7, 11) is 0. The van der Waals surface area contributed by atoms with E-state index in [1.54, 1.807) is 6.07 Å². The molecule has 2 aliphatic carbocycles. The number of hydrogen-bond donors (Lipinski definition) is 1. The summed E-state index contributed by atoms with van der Waals surface area (Å²) in [4.78, 5) is 24.0. The molecule has 0 heterocycles. The van der Waals surface area contributed by atoms with Gasteiger partial charge in [0, 0.05) is 6.42 Å². The molecule has 0 fully saturated rings. The van der Waals surface area contributed by atoms with Gasteiger partial charge in [0.2, 0.25) is 0 Å². The summed E-state index contributed by atoms with van der Waals surface area (Å²) < 4.78 is 0. The zero-order chi connectivity index (χ0) is 14.7. The quantitative estimate of drug-likeness (QED) is 0.807. The Bertz CT molecular complexity index is 687. The van der Waals surface area contributed by atoms with Gasteiger partial charge in [0.05, 0.1) is 10.6 Å². The molecule has 1 atom stereocenters. The van der Waals surface area contributed by atoms with Crippen molar-refractivity contribution in [1.82, 2.24) is 0 Å². The highest BCUT2D eigenvalue weighted by atomic mass is 35.5. The minimum absolute atomic E-state index is 0.0453. The fourth-order valence-electron chi connectivity index (χ4n) is 3.50. The van der Waals surface area contributed by atoms with Crippen LogP contribution < -0.4 is 0 Å².